The molecule has 0 saturated carbocycles. The van der Waals surface area contributed by atoms with Crippen molar-refractivity contribution < 1.29 is 27.4 Å². The Labute approximate surface area is 101 Å². The average molecular weight is 263 g/mol. The summed E-state index contributed by atoms with van der Waals surface area (Å²) in [6.45, 7) is -1.33. The Hall–Kier alpha value is -1.92. The smallest absolute Gasteiger partial charge is 0.387 e. The summed E-state index contributed by atoms with van der Waals surface area (Å²) in [7, 11) is 0. The number of halogens is 3. The molecule has 0 aliphatic heterocycles. The van der Waals surface area contributed by atoms with Crippen LogP contribution < -0.4 is 10.5 Å². The number of benzene rings is 1. The minimum absolute atomic E-state index is 0.113. The van der Waals surface area contributed by atoms with Gasteiger partial charge in [0.1, 0.15) is 11.6 Å². The number of nitrogens with two attached hydrogens (primary N) is 1. The van der Waals surface area contributed by atoms with Crippen LogP contribution in [-0.2, 0) is 16.0 Å². The molecule has 0 heterocycles. The Morgan fingerprint density at radius 2 is 2.11 bits per heavy atom. The van der Waals surface area contributed by atoms with Crippen LogP contribution >= 0.6 is 0 Å². The maximum Gasteiger partial charge on any atom is 0.387 e. The van der Waals surface area contributed by atoms with Crippen molar-refractivity contribution in [1.29, 1.82) is 0 Å². The lowest BCUT2D eigenvalue weighted by molar-refractivity contribution is -0.142. The van der Waals surface area contributed by atoms with E-state index in [4.69, 9.17) is 5.73 Å². The molecule has 7 heteroatoms. The monoisotopic (exact) mass is 263 g/mol. The van der Waals surface area contributed by atoms with Crippen LogP contribution in [0.5, 0.6) is 5.75 Å². The summed E-state index contributed by atoms with van der Waals surface area (Å²) < 4.78 is 46.3. The summed E-state index contributed by atoms with van der Waals surface area (Å²) in [6.07, 6.45) is -0.375. The van der Waals surface area contributed by atoms with E-state index in [1.807, 2.05) is 0 Å². The third-order valence-corrected chi connectivity index (χ3v) is 2.04. The number of hydrogen-bond acceptors (Lipinski definition) is 4. The van der Waals surface area contributed by atoms with Gasteiger partial charge in [0.25, 0.3) is 0 Å². The maximum absolute atomic E-state index is 13.4. The molecular formula is C11H12F3NO3. The Kier molecular flexibility index (Phi) is 4.82. The molecule has 0 radical (unpaired) electrons. The molecule has 0 atom stereocenters. The lowest BCUT2D eigenvalue weighted by Crippen LogP contribution is -2.11. The summed E-state index contributed by atoms with van der Waals surface area (Å²) >= 11 is 0. The van der Waals surface area contributed by atoms with E-state index in [0.29, 0.717) is 0 Å². The van der Waals surface area contributed by atoms with E-state index >= 15 is 0 Å². The van der Waals surface area contributed by atoms with Gasteiger partial charge in [-0.25, -0.2) is 4.39 Å². The predicted octanol–water partition coefficient (Wildman–Crippen LogP) is 2.11. The highest BCUT2D eigenvalue weighted by molar-refractivity contribution is 5.73. The summed E-state index contributed by atoms with van der Waals surface area (Å²) in [5, 5.41) is 0. The van der Waals surface area contributed by atoms with Crippen molar-refractivity contribution in [2.45, 2.75) is 20.0 Å². The number of ether oxygens (including phenoxy) is 2. The molecule has 0 saturated heterocycles. The van der Waals surface area contributed by atoms with Gasteiger partial charge >= 0.3 is 12.6 Å². The van der Waals surface area contributed by atoms with E-state index in [2.05, 4.69) is 9.47 Å². The zero-order valence-electron chi connectivity index (χ0n) is 9.58. The number of rotatable bonds is 5. The second-order valence-electron chi connectivity index (χ2n) is 3.34. The summed E-state index contributed by atoms with van der Waals surface area (Å²) in [5.41, 5.74) is 4.94. The van der Waals surface area contributed by atoms with Crippen LogP contribution in [0.1, 0.15) is 12.5 Å². The summed E-state index contributed by atoms with van der Waals surface area (Å²) in [4.78, 5) is 11.2. The Balaban J connectivity index is 2.94. The molecule has 100 valence electrons. The fourth-order valence-electron chi connectivity index (χ4n) is 1.31. The number of esters is 1. The van der Waals surface area contributed by atoms with Crippen molar-refractivity contribution in [2.24, 2.45) is 0 Å². The van der Waals surface area contributed by atoms with E-state index in [9.17, 15) is 18.0 Å². The molecule has 0 spiro atoms. The first-order chi connectivity index (χ1) is 8.43. The Morgan fingerprint density at radius 1 is 1.44 bits per heavy atom. The van der Waals surface area contributed by atoms with E-state index in [1.54, 1.807) is 6.92 Å². The van der Waals surface area contributed by atoms with Crippen molar-refractivity contribution >= 4 is 11.7 Å². The van der Waals surface area contributed by atoms with Crippen molar-refractivity contribution in [3.63, 3.8) is 0 Å². The zero-order chi connectivity index (χ0) is 13.7. The van der Waals surface area contributed by atoms with Gasteiger partial charge in [-0.3, -0.25) is 4.79 Å². The molecule has 4 nitrogen and oxygen atoms in total. The highest BCUT2D eigenvalue weighted by atomic mass is 19.3. The van der Waals surface area contributed by atoms with Gasteiger partial charge in [-0.05, 0) is 13.0 Å². The van der Waals surface area contributed by atoms with Crippen LogP contribution in [-0.4, -0.2) is 19.2 Å². The minimum Gasteiger partial charge on any atom is -0.466 e. The number of anilines is 1. The van der Waals surface area contributed by atoms with Crippen LogP contribution in [0.4, 0.5) is 18.9 Å². The highest BCUT2D eigenvalue weighted by Crippen LogP contribution is 2.27. The van der Waals surface area contributed by atoms with Gasteiger partial charge in [0, 0.05) is 11.6 Å². The fraction of sp³-hybridized carbons (Fsp3) is 0.364. The molecule has 0 amide bonds. The first-order valence-electron chi connectivity index (χ1n) is 5.12. The molecule has 0 fully saturated rings. The molecule has 2 N–H and O–H groups in total. The molecule has 1 aromatic rings. The molecule has 0 aliphatic carbocycles. The minimum atomic E-state index is -3.08. The van der Waals surface area contributed by atoms with Crippen LogP contribution in [0.25, 0.3) is 0 Å². The molecule has 0 bridgehead atoms. The quantitative estimate of drug-likeness (QED) is 0.653. The predicted molar refractivity (Wildman–Crippen MR) is 57.8 cm³/mol. The van der Waals surface area contributed by atoms with Gasteiger partial charge in [-0.15, -0.1) is 0 Å². The second-order valence-corrected chi connectivity index (χ2v) is 3.34. The number of carbonyl (C=O) groups excluding carboxylic acids is 1. The fourth-order valence-corrected chi connectivity index (χ4v) is 1.31. The van der Waals surface area contributed by atoms with Crippen LogP contribution in [0.2, 0.25) is 0 Å². The first kappa shape index (κ1) is 14.1. The summed E-state index contributed by atoms with van der Waals surface area (Å²) in [5.74, 6) is -1.81. The van der Waals surface area contributed by atoms with Crippen LogP contribution in [0.3, 0.4) is 0 Å². The maximum atomic E-state index is 13.4. The van der Waals surface area contributed by atoms with Gasteiger partial charge in [0.2, 0.25) is 0 Å². The molecule has 0 aromatic heterocycles. The van der Waals surface area contributed by atoms with Gasteiger partial charge in [-0.1, -0.05) is 0 Å². The molecule has 0 aliphatic rings. The number of nitrogen functional groups attached to an aromatic ring is 1. The lowest BCUT2D eigenvalue weighted by Gasteiger charge is -2.10. The zero-order valence-corrected chi connectivity index (χ0v) is 9.58. The standard InChI is InChI=1S/C11H12F3NO3/c1-2-17-10(16)4-6-3-9(18-11(13)14)8(15)5-7(6)12/h3,5,11H,2,4,15H2,1H3. The number of carbonyl (C=O) groups is 1. The SMILES string of the molecule is CCOC(=O)Cc1cc(OC(F)F)c(N)cc1F. The van der Waals surface area contributed by atoms with E-state index in [0.717, 1.165) is 12.1 Å². The largest absolute Gasteiger partial charge is 0.466 e. The summed E-state index contributed by atoms with van der Waals surface area (Å²) in [6, 6.07) is 1.79. The van der Waals surface area contributed by atoms with E-state index in [-0.39, 0.29) is 30.0 Å². The number of hydrogen-bond donors (Lipinski definition) is 1. The molecule has 1 aromatic carbocycles. The first-order valence-corrected chi connectivity index (χ1v) is 5.12. The van der Waals surface area contributed by atoms with Crippen molar-refractivity contribution in [2.75, 3.05) is 12.3 Å². The van der Waals surface area contributed by atoms with E-state index in [1.165, 1.54) is 0 Å². The topological polar surface area (TPSA) is 61.5 Å². The normalized spacial score (nSPS) is 10.5. The van der Waals surface area contributed by atoms with Gasteiger partial charge in [0.15, 0.2) is 0 Å². The second kappa shape index (κ2) is 6.13. The van der Waals surface area contributed by atoms with Crippen molar-refractivity contribution in [3.8, 4) is 5.75 Å². The van der Waals surface area contributed by atoms with Crippen LogP contribution in [0.15, 0.2) is 12.1 Å². The van der Waals surface area contributed by atoms with Gasteiger partial charge < -0.3 is 15.2 Å². The Morgan fingerprint density at radius 3 is 2.67 bits per heavy atom. The van der Waals surface area contributed by atoms with Crippen molar-refractivity contribution in [3.05, 3.63) is 23.5 Å². The third-order valence-electron chi connectivity index (χ3n) is 2.04. The highest BCUT2D eigenvalue weighted by Gasteiger charge is 2.15. The van der Waals surface area contributed by atoms with Crippen molar-refractivity contribution in [1.82, 2.24) is 0 Å². The molecule has 1 rings (SSSR count). The van der Waals surface area contributed by atoms with Crippen LogP contribution in [0, 0.1) is 5.82 Å². The average Bonchev–Trinajstić information content (AvgIpc) is 2.24. The molecule has 0 unspecified atom stereocenters. The molecular weight excluding hydrogens is 251 g/mol. The Bertz CT molecular complexity index is 438. The van der Waals surface area contributed by atoms with Gasteiger partial charge in [-0.2, -0.15) is 8.78 Å². The number of alkyl halides is 2. The van der Waals surface area contributed by atoms with Gasteiger partial charge in [0.05, 0.1) is 18.7 Å². The lowest BCUT2D eigenvalue weighted by atomic mass is 10.1. The van der Waals surface area contributed by atoms with E-state index < -0.39 is 18.4 Å². The third kappa shape index (κ3) is 3.83. The molecule has 18 heavy (non-hydrogen) atoms.